The minimum absolute atomic E-state index is 0.0741. The van der Waals surface area contributed by atoms with Gasteiger partial charge in [0.15, 0.2) is 0 Å². The van der Waals surface area contributed by atoms with Gasteiger partial charge in [0.2, 0.25) is 5.91 Å². The third-order valence-corrected chi connectivity index (χ3v) is 2.28. The summed E-state index contributed by atoms with van der Waals surface area (Å²) in [6.07, 6.45) is 1.70. The molecule has 0 aliphatic rings. The van der Waals surface area contributed by atoms with Crippen LogP contribution in [0.2, 0.25) is 5.02 Å². The molecule has 15 heavy (non-hydrogen) atoms. The van der Waals surface area contributed by atoms with Crippen LogP contribution in [0.1, 0.15) is 5.69 Å². The van der Waals surface area contributed by atoms with Crippen LogP contribution in [0, 0.1) is 0 Å². The van der Waals surface area contributed by atoms with Gasteiger partial charge in [-0.15, -0.1) is 0 Å². The predicted octanol–water partition coefficient (Wildman–Crippen LogP) is 1.31. The first-order valence-electron chi connectivity index (χ1n) is 4.35. The zero-order valence-corrected chi connectivity index (χ0v) is 8.53. The summed E-state index contributed by atoms with van der Waals surface area (Å²) in [5.41, 5.74) is 5.67. The molecule has 0 fully saturated rings. The number of halogens is 1. The molecule has 2 rings (SSSR count). The number of rotatable bonds is 2. The second-order valence-corrected chi connectivity index (χ2v) is 3.60. The van der Waals surface area contributed by atoms with Crippen LogP contribution in [0.25, 0.3) is 10.8 Å². The second kappa shape index (κ2) is 3.82. The summed E-state index contributed by atoms with van der Waals surface area (Å²) >= 11 is 5.86. The average molecular weight is 222 g/mol. The summed E-state index contributed by atoms with van der Waals surface area (Å²) in [5, 5.41) is 9.98. The van der Waals surface area contributed by atoms with Gasteiger partial charge in [0.05, 0.1) is 18.3 Å². The van der Waals surface area contributed by atoms with Crippen LogP contribution in [0.4, 0.5) is 0 Å². The molecule has 5 heteroatoms. The van der Waals surface area contributed by atoms with Crippen molar-refractivity contribution >= 4 is 28.3 Å². The zero-order valence-electron chi connectivity index (χ0n) is 7.77. The van der Waals surface area contributed by atoms with Gasteiger partial charge in [0.1, 0.15) is 0 Å². The molecule has 1 heterocycles. The first kappa shape index (κ1) is 9.86. The Bertz CT molecular complexity index is 527. The maximum atomic E-state index is 10.8. The Balaban J connectivity index is 2.63. The molecule has 76 valence electrons. The summed E-state index contributed by atoms with van der Waals surface area (Å²) in [5.74, 6) is -0.434. The number of benzene rings is 1. The Kier molecular flexibility index (Phi) is 2.51. The van der Waals surface area contributed by atoms with Crippen LogP contribution in [0.5, 0.6) is 0 Å². The van der Waals surface area contributed by atoms with Crippen molar-refractivity contribution < 1.29 is 4.79 Å². The first-order valence-corrected chi connectivity index (χ1v) is 4.73. The molecule has 0 saturated carbocycles. The molecular weight excluding hydrogens is 214 g/mol. The number of aromatic nitrogens is 2. The Morgan fingerprint density at radius 3 is 3.00 bits per heavy atom. The molecule has 1 aromatic carbocycles. The number of nitrogens with two attached hydrogens (primary N) is 1. The molecule has 4 nitrogen and oxygen atoms in total. The smallest absolute Gasteiger partial charge is 0.223 e. The van der Waals surface area contributed by atoms with Crippen molar-refractivity contribution in [2.75, 3.05) is 0 Å². The van der Waals surface area contributed by atoms with E-state index in [2.05, 4.69) is 10.2 Å². The van der Waals surface area contributed by atoms with E-state index in [9.17, 15) is 4.79 Å². The van der Waals surface area contributed by atoms with Gasteiger partial charge >= 0.3 is 0 Å². The highest BCUT2D eigenvalue weighted by Crippen LogP contribution is 2.20. The lowest BCUT2D eigenvalue weighted by Gasteiger charge is -2.02. The third kappa shape index (κ3) is 2.05. The molecule has 1 amide bonds. The number of carbonyl (C=O) groups excluding carboxylic acids is 1. The fourth-order valence-corrected chi connectivity index (χ4v) is 1.57. The summed E-state index contributed by atoms with van der Waals surface area (Å²) in [4.78, 5) is 10.8. The van der Waals surface area contributed by atoms with Gasteiger partial charge in [-0.25, -0.2) is 0 Å². The summed E-state index contributed by atoms with van der Waals surface area (Å²) in [7, 11) is 0. The van der Waals surface area contributed by atoms with Crippen molar-refractivity contribution in [2.24, 2.45) is 5.73 Å². The molecule has 0 aliphatic heterocycles. The largest absolute Gasteiger partial charge is 0.369 e. The zero-order chi connectivity index (χ0) is 10.8. The van der Waals surface area contributed by atoms with E-state index >= 15 is 0 Å². The monoisotopic (exact) mass is 221 g/mol. The van der Waals surface area contributed by atoms with Crippen molar-refractivity contribution in [3.8, 4) is 0 Å². The molecule has 0 aliphatic carbocycles. The van der Waals surface area contributed by atoms with E-state index in [1.165, 1.54) is 0 Å². The van der Waals surface area contributed by atoms with Crippen LogP contribution >= 0.6 is 11.6 Å². The quantitative estimate of drug-likeness (QED) is 0.831. The van der Waals surface area contributed by atoms with E-state index in [0.717, 1.165) is 10.8 Å². The predicted molar refractivity (Wildman–Crippen MR) is 57.4 cm³/mol. The van der Waals surface area contributed by atoms with Gasteiger partial charge in [-0.2, -0.15) is 10.2 Å². The van der Waals surface area contributed by atoms with Gasteiger partial charge in [-0.1, -0.05) is 17.7 Å². The minimum Gasteiger partial charge on any atom is -0.369 e. The summed E-state index contributed by atoms with van der Waals surface area (Å²) in [6, 6.07) is 5.35. The van der Waals surface area contributed by atoms with Gasteiger partial charge in [-0.3, -0.25) is 4.79 Å². The van der Waals surface area contributed by atoms with Gasteiger partial charge in [-0.05, 0) is 12.1 Å². The van der Waals surface area contributed by atoms with E-state index in [1.54, 1.807) is 18.3 Å². The standard InChI is InChI=1S/C10H8ClN3O/c11-7-2-1-6-5-13-14-9(4-10(12)15)8(6)3-7/h1-3,5H,4H2,(H2,12,15). The maximum absolute atomic E-state index is 10.8. The average Bonchev–Trinajstić information content (AvgIpc) is 2.18. The van der Waals surface area contributed by atoms with E-state index in [1.807, 2.05) is 6.07 Å². The Labute approximate surface area is 91.1 Å². The van der Waals surface area contributed by atoms with Crippen molar-refractivity contribution in [3.63, 3.8) is 0 Å². The molecule has 0 radical (unpaired) electrons. The third-order valence-electron chi connectivity index (χ3n) is 2.04. The molecule has 0 spiro atoms. The first-order chi connectivity index (χ1) is 7.16. The fourth-order valence-electron chi connectivity index (χ4n) is 1.40. The van der Waals surface area contributed by atoms with Crippen LogP contribution in [-0.2, 0) is 11.2 Å². The summed E-state index contributed by atoms with van der Waals surface area (Å²) < 4.78 is 0. The van der Waals surface area contributed by atoms with Crippen molar-refractivity contribution in [2.45, 2.75) is 6.42 Å². The SMILES string of the molecule is NC(=O)Cc1nncc2ccc(Cl)cc12. The second-order valence-electron chi connectivity index (χ2n) is 3.17. The highest BCUT2D eigenvalue weighted by Gasteiger charge is 2.06. The van der Waals surface area contributed by atoms with Gasteiger partial charge in [0.25, 0.3) is 0 Å². The van der Waals surface area contributed by atoms with Gasteiger partial charge in [0, 0.05) is 15.8 Å². The lowest BCUT2D eigenvalue weighted by atomic mass is 10.1. The lowest BCUT2D eigenvalue weighted by molar-refractivity contribution is -0.117. The number of hydrogen-bond acceptors (Lipinski definition) is 3. The molecule has 2 aromatic rings. The van der Waals surface area contributed by atoms with E-state index in [-0.39, 0.29) is 6.42 Å². The molecule has 0 saturated heterocycles. The summed E-state index contributed by atoms with van der Waals surface area (Å²) in [6.45, 7) is 0. The highest BCUT2D eigenvalue weighted by molar-refractivity contribution is 6.31. The van der Waals surface area contributed by atoms with Crippen LogP contribution in [-0.4, -0.2) is 16.1 Å². The molecule has 0 bridgehead atoms. The topological polar surface area (TPSA) is 68.9 Å². The number of carbonyl (C=O) groups is 1. The molecular formula is C10H8ClN3O. The van der Waals surface area contributed by atoms with Crippen LogP contribution in [0.15, 0.2) is 24.4 Å². The number of amides is 1. The molecule has 1 aromatic heterocycles. The van der Waals surface area contributed by atoms with Gasteiger partial charge < -0.3 is 5.73 Å². The van der Waals surface area contributed by atoms with E-state index in [0.29, 0.717) is 10.7 Å². The van der Waals surface area contributed by atoms with Crippen molar-refractivity contribution in [1.82, 2.24) is 10.2 Å². The Morgan fingerprint density at radius 2 is 2.27 bits per heavy atom. The Morgan fingerprint density at radius 1 is 1.47 bits per heavy atom. The highest BCUT2D eigenvalue weighted by atomic mass is 35.5. The number of primary amides is 1. The molecule has 0 atom stereocenters. The van der Waals surface area contributed by atoms with Crippen LogP contribution in [0.3, 0.4) is 0 Å². The van der Waals surface area contributed by atoms with Crippen molar-refractivity contribution in [1.29, 1.82) is 0 Å². The number of nitrogens with zero attached hydrogens (tertiary/aromatic N) is 2. The normalized spacial score (nSPS) is 10.5. The van der Waals surface area contributed by atoms with Crippen LogP contribution < -0.4 is 5.73 Å². The Hall–Kier alpha value is -1.68. The van der Waals surface area contributed by atoms with E-state index in [4.69, 9.17) is 17.3 Å². The molecule has 0 unspecified atom stereocenters. The fraction of sp³-hybridized carbons (Fsp3) is 0.100. The molecule has 2 N–H and O–H groups in total. The lowest BCUT2D eigenvalue weighted by Crippen LogP contribution is -2.15. The van der Waals surface area contributed by atoms with Crippen molar-refractivity contribution in [3.05, 3.63) is 35.1 Å². The maximum Gasteiger partial charge on any atom is 0.223 e. The van der Waals surface area contributed by atoms with E-state index < -0.39 is 5.91 Å². The number of fused-ring (bicyclic) bond motifs is 1. The number of hydrogen-bond donors (Lipinski definition) is 1. The minimum atomic E-state index is -0.434.